The number of hydrogen-bond acceptors (Lipinski definition) is 2. The molecule has 0 aliphatic heterocycles. The van der Waals surface area contributed by atoms with Crippen LogP contribution in [0.4, 0.5) is 4.39 Å². The van der Waals surface area contributed by atoms with E-state index in [1.165, 1.54) is 12.1 Å². The summed E-state index contributed by atoms with van der Waals surface area (Å²) in [7, 11) is 0. The van der Waals surface area contributed by atoms with E-state index in [1.54, 1.807) is 6.07 Å². The number of benzene rings is 1. The molecule has 0 aliphatic rings. The standard InChI is InChI=1S/C12H17FO2/c1-10-5-6-11(13)9-12(10)15-8-4-2-3-7-14/h5-6,9,14H,2-4,7-8H2,1H3. The van der Waals surface area contributed by atoms with Gasteiger partial charge in [0.1, 0.15) is 11.6 Å². The van der Waals surface area contributed by atoms with Gasteiger partial charge >= 0.3 is 0 Å². The molecule has 0 saturated heterocycles. The molecule has 3 heteroatoms. The minimum atomic E-state index is -0.272. The molecule has 0 amide bonds. The van der Waals surface area contributed by atoms with Crippen LogP contribution in [0.1, 0.15) is 24.8 Å². The van der Waals surface area contributed by atoms with Crippen molar-refractivity contribution in [1.29, 1.82) is 0 Å². The molecule has 84 valence electrons. The second-order valence-electron chi connectivity index (χ2n) is 3.54. The zero-order valence-electron chi connectivity index (χ0n) is 9.00. The molecule has 0 spiro atoms. The summed E-state index contributed by atoms with van der Waals surface area (Å²) in [6.07, 6.45) is 2.62. The highest BCUT2D eigenvalue weighted by molar-refractivity contribution is 5.32. The molecular weight excluding hydrogens is 195 g/mol. The first-order valence-corrected chi connectivity index (χ1v) is 5.24. The summed E-state index contributed by atoms with van der Waals surface area (Å²) in [5.41, 5.74) is 0.943. The van der Waals surface area contributed by atoms with Crippen molar-refractivity contribution in [3.05, 3.63) is 29.6 Å². The molecule has 0 heterocycles. The SMILES string of the molecule is Cc1ccc(F)cc1OCCCCCO. The Morgan fingerprint density at radius 2 is 2.07 bits per heavy atom. The van der Waals surface area contributed by atoms with Crippen LogP contribution in [0, 0.1) is 12.7 Å². The van der Waals surface area contributed by atoms with Gasteiger partial charge in [-0.1, -0.05) is 6.07 Å². The van der Waals surface area contributed by atoms with E-state index in [0.717, 1.165) is 24.8 Å². The number of aryl methyl sites for hydroxylation is 1. The van der Waals surface area contributed by atoms with Crippen LogP contribution in [0.5, 0.6) is 5.75 Å². The number of unbranched alkanes of at least 4 members (excludes halogenated alkanes) is 2. The molecule has 15 heavy (non-hydrogen) atoms. The third-order valence-electron chi connectivity index (χ3n) is 2.21. The van der Waals surface area contributed by atoms with Crippen LogP contribution in [0.3, 0.4) is 0 Å². The lowest BCUT2D eigenvalue weighted by Crippen LogP contribution is -1.99. The molecular formula is C12H17FO2. The first-order chi connectivity index (χ1) is 7.24. The van der Waals surface area contributed by atoms with E-state index in [4.69, 9.17) is 9.84 Å². The molecule has 0 unspecified atom stereocenters. The van der Waals surface area contributed by atoms with E-state index < -0.39 is 0 Å². The fraction of sp³-hybridized carbons (Fsp3) is 0.500. The Labute approximate surface area is 89.7 Å². The van der Waals surface area contributed by atoms with Crippen LogP contribution >= 0.6 is 0 Å². The molecule has 0 aliphatic carbocycles. The van der Waals surface area contributed by atoms with Crippen molar-refractivity contribution in [1.82, 2.24) is 0 Å². The zero-order chi connectivity index (χ0) is 11.1. The number of rotatable bonds is 6. The summed E-state index contributed by atoms with van der Waals surface area (Å²) in [5, 5.41) is 8.57. The average molecular weight is 212 g/mol. The quantitative estimate of drug-likeness (QED) is 0.734. The van der Waals surface area contributed by atoms with Gasteiger partial charge in [-0.25, -0.2) is 4.39 Å². The molecule has 1 aromatic carbocycles. The molecule has 0 saturated carbocycles. The van der Waals surface area contributed by atoms with Gasteiger partial charge in [-0.2, -0.15) is 0 Å². The summed E-state index contributed by atoms with van der Waals surface area (Å²) in [4.78, 5) is 0. The van der Waals surface area contributed by atoms with Gasteiger partial charge in [0.05, 0.1) is 6.61 Å². The van der Waals surface area contributed by atoms with Gasteiger partial charge in [0, 0.05) is 12.7 Å². The minimum absolute atomic E-state index is 0.221. The summed E-state index contributed by atoms with van der Waals surface area (Å²) in [6.45, 7) is 2.69. The summed E-state index contributed by atoms with van der Waals surface area (Å²) < 4.78 is 18.3. The molecule has 1 rings (SSSR count). The molecule has 0 radical (unpaired) electrons. The van der Waals surface area contributed by atoms with E-state index in [0.29, 0.717) is 12.4 Å². The van der Waals surface area contributed by atoms with Crippen LogP contribution in [0.2, 0.25) is 0 Å². The van der Waals surface area contributed by atoms with Gasteiger partial charge in [-0.3, -0.25) is 0 Å². The van der Waals surface area contributed by atoms with Crippen molar-refractivity contribution < 1.29 is 14.2 Å². The monoisotopic (exact) mass is 212 g/mol. The highest BCUT2D eigenvalue weighted by atomic mass is 19.1. The van der Waals surface area contributed by atoms with Gasteiger partial charge in [0.25, 0.3) is 0 Å². The lowest BCUT2D eigenvalue weighted by Gasteiger charge is -2.08. The van der Waals surface area contributed by atoms with Crippen molar-refractivity contribution in [2.75, 3.05) is 13.2 Å². The third-order valence-corrected chi connectivity index (χ3v) is 2.21. The minimum Gasteiger partial charge on any atom is -0.493 e. The zero-order valence-corrected chi connectivity index (χ0v) is 9.00. The third kappa shape index (κ3) is 4.30. The number of halogens is 1. The van der Waals surface area contributed by atoms with Crippen LogP contribution < -0.4 is 4.74 Å². The lowest BCUT2D eigenvalue weighted by molar-refractivity contribution is 0.265. The number of aliphatic hydroxyl groups excluding tert-OH is 1. The van der Waals surface area contributed by atoms with E-state index in [1.807, 2.05) is 6.92 Å². The summed E-state index contributed by atoms with van der Waals surface area (Å²) in [5.74, 6) is 0.338. The Morgan fingerprint density at radius 1 is 1.27 bits per heavy atom. The molecule has 1 aromatic rings. The molecule has 0 aromatic heterocycles. The Bertz CT molecular complexity index is 300. The number of aliphatic hydroxyl groups is 1. The van der Waals surface area contributed by atoms with Crippen LogP contribution in [-0.4, -0.2) is 18.3 Å². The maximum absolute atomic E-state index is 12.9. The van der Waals surface area contributed by atoms with E-state index in [-0.39, 0.29) is 12.4 Å². The maximum atomic E-state index is 12.9. The lowest BCUT2D eigenvalue weighted by atomic mass is 10.2. The second-order valence-corrected chi connectivity index (χ2v) is 3.54. The Kier molecular flexibility index (Phi) is 5.12. The van der Waals surface area contributed by atoms with Crippen LogP contribution in [0.15, 0.2) is 18.2 Å². The Morgan fingerprint density at radius 3 is 2.80 bits per heavy atom. The highest BCUT2D eigenvalue weighted by Crippen LogP contribution is 2.18. The van der Waals surface area contributed by atoms with Crippen LogP contribution in [0.25, 0.3) is 0 Å². The Balaban J connectivity index is 2.33. The molecule has 0 atom stereocenters. The fourth-order valence-electron chi connectivity index (χ4n) is 1.30. The first-order valence-electron chi connectivity index (χ1n) is 5.24. The molecule has 0 fully saturated rings. The van der Waals surface area contributed by atoms with Crippen molar-refractivity contribution in [2.24, 2.45) is 0 Å². The number of ether oxygens (including phenoxy) is 1. The predicted molar refractivity (Wildman–Crippen MR) is 57.6 cm³/mol. The largest absolute Gasteiger partial charge is 0.493 e. The summed E-state index contributed by atoms with van der Waals surface area (Å²) in [6, 6.07) is 4.54. The first kappa shape index (κ1) is 12.0. The van der Waals surface area contributed by atoms with Crippen molar-refractivity contribution >= 4 is 0 Å². The number of hydrogen-bond donors (Lipinski definition) is 1. The normalized spacial score (nSPS) is 10.3. The molecule has 2 nitrogen and oxygen atoms in total. The predicted octanol–water partition coefficient (Wildman–Crippen LogP) is 2.68. The summed E-state index contributed by atoms with van der Waals surface area (Å²) >= 11 is 0. The maximum Gasteiger partial charge on any atom is 0.126 e. The second kappa shape index (κ2) is 6.40. The Hall–Kier alpha value is -1.09. The van der Waals surface area contributed by atoms with Crippen LogP contribution in [-0.2, 0) is 0 Å². The van der Waals surface area contributed by atoms with E-state index in [2.05, 4.69) is 0 Å². The van der Waals surface area contributed by atoms with E-state index >= 15 is 0 Å². The average Bonchev–Trinajstić information content (AvgIpc) is 2.23. The van der Waals surface area contributed by atoms with Crippen molar-refractivity contribution in [3.63, 3.8) is 0 Å². The molecule has 0 bridgehead atoms. The topological polar surface area (TPSA) is 29.5 Å². The fourth-order valence-corrected chi connectivity index (χ4v) is 1.30. The van der Waals surface area contributed by atoms with E-state index in [9.17, 15) is 4.39 Å². The smallest absolute Gasteiger partial charge is 0.126 e. The van der Waals surface area contributed by atoms with Gasteiger partial charge in [0.15, 0.2) is 0 Å². The van der Waals surface area contributed by atoms with Gasteiger partial charge in [0.2, 0.25) is 0 Å². The van der Waals surface area contributed by atoms with Crippen molar-refractivity contribution in [3.8, 4) is 5.75 Å². The molecule has 1 N–H and O–H groups in total. The van der Waals surface area contributed by atoms with Gasteiger partial charge in [-0.05, 0) is 37.8 Å². The van der Waals surface area contributed by atoms with Gasteiger partial charge in [-0.15, -0.1) is 0 Å². The highest BCUT2D eigenvalue weighted by Gasteiger charge is 2.00. The van der Waals surface area contributed by atoms with Gasteiger partial charge < -0.3 is 9.84 Å². The van der Waals surface area contributed by atoms with Crippen molar-refractivity contribution in [2.45, 2.75) is 26.2 Å².